The number of benzene rings is 2. The van der Waals surface area contributed by atoms with Crippen molar-refractivity contribution in [2.24, 2.45) is 0 Å². The van der Waals surface area contributed by atoms with Gasteiger partial charge in [0.25, 0.3) is 0 Å². The van der Waals surface area contributed by atoms with E-state index in [0.29, 0.717) is 0 Å². The lowest BCUT2D eigenvalue weighted by atomic mass is 10.1. The first-order valence-corrected chi connectivity index (χ1v) is 5.82. The Hall–Kier alpha value is -2.16. The van der Waals surface area contributed by atoms with E-state index < -0.39 is 0 Å². The third kappa shape index (κ3) is 1.51. The van der Waals surface area contributed by atoms with E-state index in [1.165, 1.54) is 5.69 Å². The molecule has 3 N–H and O–H groups in total. The highest BCUT2D eigenvalue weighted by atomic mass is 15.2. The predicted molar refractivity (Wildman–Crippen MR) is 73.3 cm³/mol. The van der Waals surface area contributed by atoms with Gasteiger partial charge in [0.05, 0.1) is 22.7 Å². The Morgan fingerprint density at radius 2 is 1.82 bits per heavy atom. The number of nitrogens with one attached hydrogen (secondary N) is 1. The minimum absolute atomic E-state index is 0.795. The topological polar surface area (TPSA) is 41.3 Å². The molecule has 3 nitrogen and oxygen atoms in total. The first-order valence-electron chi connectivity index (χ1n) is 5.82. The number of nitrogen functional groups attached to an aromatic ring is 1. The zero-order valence-corrected chi connectivity index (χ0v) is 9.77. The molecule has 0 atom stereocenters. The smallest absolute Gasteiger partial charge is 0.0671 e. The van der Waals surface area contributed by atoms with Gasteiger partial charge in [0.15, 0.2) is 0 Å². The summed E-state index contributed by atoms with van der Waals surface area (Å²) in [5.74, 6) is 0. The number of nitrogens with zero attached hydrogens (tertiary/aromatic N) is 1. The van der Waals surface area contributed by atoms with Crippen molar-refractivity contribution in [1.29, 1.82) is 0 Å². The van der Waals surface area contributed by atoms with Crippen LogP contribution in [0.2, 0.25) is 0 Å². The summed E-state index contributed by atoms with van der Waals surface area (Å²) in [7, 11) is 0. The molecular formula is C14H15N3. The Morgan fingerprint density at radius 1 is 1.06 bits per heavy atom. The van der Waals surface area contributed by atoms with E-state index in [-0.39, 0.29) is 0 Å². The van der Waals surface area contributed by atoms with Crippen LogP contribution < -0.4 is 16.0 Å². The van der Waals surface area contributed by atoms with Crippen LogP contribution in [0, 0.1) is 0 Å². The average Bonchev–Trinajstić information content (AvgIpc) is 2.36. The van der Waals surface area contributed by atoms with Crippen LogP contribution in [-0.2, 0) is 0 Å². The Labute approximate surface area is 101 Å². The zero-order valence-electron chi connectivity index (χ0n) is 9.77. The highest BCUT2D eigenvalue weighted by molar-refractivity contribution is 5.92. The van der Waals surface area contributed by atoms with Crippen LogP contribution in [0.4, 0.5) is 28.4 Å². The van der Waals surface area contributed by atoms with Gasteiger partial charge in [-0.15, -0.1) is 0 Å². The summed E-state index contributed by atoms with van der Waals surface area (Å²) in [6, 6.07) is 14.3. The largest absolute Gasteiger partial charge is 0.399 e. The molecule has 17 heavy (non-hydrogen) atoms. The summed E-state index contributed by atoms with van der Waals surface area (Å²) in [6.45, 7) is 3.07. The Morgan fingerprint density at radius 3 is 2.65 bits per heavy atom. The normalized spacial score (nSPS) is 12.6. The molecule has 0 spiro atoms. The Bertz CT molecular complexity index is 563. The monoisotopic (exact) mass is 225 g/mol. The second-order valence-corrected chi connectivity index (χ2v) is 4.16. The first kappa shape index (κ1) is 10.0. The van der Waals surface area contributed by atoms with E-state index >= 15 is 0 Å². The number of hydrogen-bond donors (Lipinski definition) is 2. The van der Waals surface area contributed by atoms with Gasteiger partial charge < -0.3 is 16.0 Å². The molecule has 0 saturated carbocycles. The van der Waals surface area contributed by atoms with Gasteiger partial charge in [-0.2, -0.15) is 0 Å². The average molecular weight is 225 g/mol. The van der Waals surface area contributed by atoms with Gasteiger partial charge >= 0.3 is 0 Å². The quantitative estimate of drug-likeness (QED) is 0.730. The minimum Gasteiger partial charge on any atom is -0.399 e. The van der Waals surface area contributed by atoms with E-state index in [1.54, 1.807) is 0 Å². The lowest BCUT2D eigenvalue weighted by Crippen LogP contribution is -2.22. The number of hydrogen-bond acceptors (Lipinski definition) is 3. The number of rotatable bonds is 1. The summed E-state index contributed by atoms with van der Waals surface area (Å²) in [6.07, 6.45) is 0. The lowest BCUT2D eigenvalue weighted by molar-refractivity contribution is 1.02. The maximum Gasteiger partial charge on any atom is 0.0671 e. The molecule has 0 unspecified atom stereocenters. The van der Waals surface area contributed by atoms with Crippen molar-refractivity contribution in [2.75, 3.05) is 22.5 Å². The Kier molecular flexibility index (Phi) is 2.18. The van der Waals surface area contributed by atoms with E-state index in [4.69, 9.17) is 5.73 Å². The molecule has 1 heterocycles. The molecule has 0 aromatic heterocycles. The zero-order chi connectivity index (χ0) is 11.8. The highest BCUT2D eigenvalue weighted by Gasteiger charge is 2.20. The molecule has 86 valence electrons. The lowest BCUT2D eigenvalue weighted by Gasteiger charge is -2.33. The molecule has 0 radical (unpaired) electrons. The highest BCUT2D eigenvalue weighted by Crippen LogP contribution is 2.43. The van der Waals surface area contributed by atoms with Gasteiger partial charge in [0, 0.05) is 12.2 Å². The SMILES string of the molecule is CCN1c2ccccc2Nc2ccc(N)cc21. The number of nitrogens with two attached hydrogens (primary N) is 1. The van der Waals surface area contributed by atoms with Gasteiger partial charge in [-0.05, 0) is 37.3 Å². The van der Waals surface area contributed by atoms with Crippen LogP contribution in [-0.4, -0.2) is 6.54 Å². The fraction of sp³-hybridized carbons (Fsp3) is 0.143. The molecule has 1 aliphatic rings. The molecule has 0 bridgehead atoms. The molecule has 2 aromatic carbocycles. The molecule has 0 fully saturated rings. The molecule has 0 saturated heterocycles. The second-order valence-electron chi connectivity index (χ2n) is 4.16. The van der Waals surface area contributed by atoms with Crippen LogP contribution >= 0.6 is 0 Å². The maximum absolute atomic E-state index is 5.86. The van der Waals surface area contributed by atoms with Crippen molar-refractivity contribution in [1.82, 2.24) is 0 Å². The van der Waals surface area contributed by atoms with Crippen LogP contribution in [0.15, 0.2) is 42.5 Å². The standard InChI is InChI=1S/C14H15N3/c1-2-17-13-6-4-3-5-11(13)16-12-8-7-10(15)9-14(12)17/h3-9,16H,2,15H2,1H3. The van der Waals surface area contributed by atoms with Crippen molar-refractivity contribution < 1.29 is 0 Å². The molecule has 3 heteroatoms. The molecule has 3 rings (SSSR count). The van der Waals surface area contributed by atoms with Crippen molar-refractivity contribution in [2.45, 2.75) is 6.92 Å². The fourth-order valence-electron chi connectivity index (χ4n) is 2.31. The van der Waals surface area contributed by atoms with Gasteiger partial charge in [0.2, 0.25) is 0 Å². The van der Waals surface area contributed by atoms with Crippen LogP contribution in [0.5, 0.6) is 0 Å². The van der Waals surface area contributed by atoms with Crippen molar-refractivity contribution in [3.8, 4) is 0 Å². The number of anilines is 5. The Balaban J connectivity index is 2.19. The summed E-state index contributed by atoms with van der Waals surface area (Å²) in [5.41, 5.74) is 11.3. The van der Waals surface area contributed by atoms with E-state index in [1.807, 2.05) is 24.3 Å². The molecular weight excluding hydrogens is 210 g/mol. The van der Waals surface area contributed by atoms with Crippen molar-refractivity contribution in [3.63, 3.8) is 0 Å². The van der Waals surface area contributed by atoms with Gasteiger partial charge in [-0.25, -0.2) is 0 Å². The van der Waals surface area contributed by atoms with Gasteiger partial charge in [0.1, 0.15) is 0 Å². The summed E-state index contributed by atoms with van der Waals surface area (Å²) in [4.78, 5) is 2.28. The van der Waals surface area contributed by atoms with E-state index in [0.717, 1.165) is 29.3 Å². The molecule has 0 amide bonds. The number of fused-ring (bicyclic) bond motifs is 2. The second kappa shape index (κ2) is 3.70. The minimum atomic E-state index is 0.795. The third-order valence-electron chi connectivity index (χ3n) is 3.09. The molecule has 1 aliphatic heterocycles. The van der Waals surface area contributed by atoms with Crippen LogP contribution in [0.3, 0.4) is 0 Å². The van der Waals surface area contributed by atoms with Gasteiger partial charge in [-0.3, -0.25) is 0 Å². The summed E-state index contributed by atoms with van der Waals surface area (Å²) >= 11 is 0. The predicted octanol–water partition coefficient (Wildman–Crippen LogP) is 3.48. The first-order chi connectivity index (χ1) is 8.29. The van der Waals surface area contributed by atoms with E-state index in [2.05, 4.69) is 35.3 Å². The van der Waals surface area contributed by atoms with Crippen molar-refractivity contribution in [3.05, 3.63) is 42.5 Å². The van der Waals surface area contributed by atoms with Crippen LogP contribution in [0.1, 0.15) is 6.92 Å². The third-order valence-corrected chi connectivity index (χ3v) is 3.09. The number of para-hydroxylation sites is 2. The fourth-order valence-corrected chi connectivity index (χ4v) is 2.31. The van der Waals surface area contributed by atoms with Crippen LogP contribution in [0.25, 0.3) is 0 Å². The van der Waals surface area contributed by atoms with Gasteiger partial charge in [-0.1, -0.05) is 12.1 Å². The van der Waals surface area contributed by atoms with Crippen molar-refractivity contribution >= 4 is 28.4 Å². The van der Waals surface area contributed by atoms with E-state index in [9.17, 15) is 0 Å². The maximum atomic E-state index is 5.86. The summed E-state index contributed by atoms with van der Waals surface area (Å²) < 4.78 is 0. The molecule has 2 aromatic rings. The summed E-state index contributed by atoms with van der Waals surface area (Å²) in [5, 5.41) is 3.43. The molecule has 0 aliphatic carbocycles.